The van der Waals surface area contributed by atoms with Crippen LogP contribution in [0.1, 0.15) is 33.6 Å². The highest BCUT2D eigenvalue weighted by molar-refractivity contribution is 5.99. The van der Waals surface area contributed by atoms with Crippen molar-refractivity contribution in [1.29, 1.82) is 0 Å². The van der Waals surface area contributed by atoms with E-state index in [1.54, 1.807) is 18.2 Å². The number of amides is 2. The molecule has 1 aliphatic heterocycles. The SMILES string of the molecule is NC(=O)c1cccc(C(=O)NC[C@H]2CCCO2)c1. The maximum atomic E-state index is 11.9. The average molecular weight is 248 g/mol. The lowest BCUT2D eigenvalue weighted by Gasteiger charge is -2.11. The van der Waals surface area contributed by atoms with Gasteiger partial charge in [0.25, 0.3) is 5.91 Å². The molecule has 1 heterocycles. The van der Waals surface area contributed by atoms with E-state index in [-0.39, 0.29) is 12.0 Å². The van der Waals surface area contributed by atoms with Gasteiger partial charge in [-0.3, -0.25) is 9.59 Å². The highest BCUT2D eigenvalue weighted by Gasteiger charge is 2.16. The Morgan fingerprint density at radius 1 is 1.39 bits per heavy atom. The lowest BCUT2D eigenvalue weighted by atomic mass is 10.1. The van der Waals surface area contributed by atoms with Crippen molar-refractivity contribution in [3.63, 3.8) is 0 Å². The zero-order chi connectivity index (χ0) is 13.0. The van der Waals surface area contributed by atoms with Crippen molar-refractivity contribution in [2.24, 2.45) is 5.73 Å². The number of carbonyl (C=O) groups is 2. The van der Waals surface area contributed by atoms with Crippen molar-refractivity contribution in [2.45, 2.75) is 18.9 Å². The number of rotatable bonds is 4. The number of hydrogen-bond donors (Lipinski definition) is 2. The standard InChI is InChI=1S/C13H16N2O3/c14-12(16)9-3-1-4-10(7-9)13(17)15-8-11-5-2-6-18-11/h1,3-4,7,11H,2,5-6,8H2,(H2,14,16)(H,15,17)/t11-/m1/s1. The summed E-state index contributed by atoms with van der Waals surface area (Å²) in [5.41, 5.74) is 5.93. The number of carbonyl (C=O) groups excluding carboxylic acids is 2. The zero-order valence-electron chi connectivity index (χ0n) is 10.0. The first kappa shape index (κ1) is 12.6. The highest BCUT2D eigenvalue weighted by Crippen LogP contribution is 2.11. The van der Waals surface area contributed by atoms with Crippen molar-refractivity contribution >= 4 is 11.8 Å². The van der Waals surface area contributed by atoms with E-state index >= 15 is 0 Å². The molecule has 0 radical (unpaired) electrons. The van der Waals surface area contributed by atoms with E-state index in [4.69, 9.17) is 10.5 Å². The molecule has 18 heavy (non-hydrogen) atoms. The third-order valence-corrected chi connectivity index (χ3v) is 2.92. The van der Waals surface area contributed by atoms with Crippen LogP contribution in [0.2, 0.25) is 0 Å². The number of benzene rings is 1. The van der Waals surface area contributed by atoms with Crippen LogP contribution < -0.4 is 11.1 Å². The summed E-state index contributed by atoms with van der Waals surface area (Å²) in [5, 5.41) is 2.79. The van der Waals surface area contributed by atoms with Gasteiger partial charge in [0.15, 0.2) is 0 Å². The van der Waals surface area contributed by atoms with E-state index < -0.39 is 5.91 Å². The van der Waals surface area contributed by atoms with Gasteiger partial charge in [-0.25, -0.2) is 0 Å². The Hall–Kier alpha value is -1.88. The van der Waals surface area contributed by atoms with E-state index in [1.807, 2.05) is 0 Å². The fraction of sp³-hybridized carbons (Fsp3) is 0.385. The molecule has 0 saturated carbocycles. The molecule has 3 N–H and O–H groups in total. The molecule has 0 spiro atoms. The Morgan fingerprint density at radius 2 is 2.17 bits per heavy atom. The predicted octanol–water partition coefficient (Wildman–Crippen LogP) is 0.694. The van der Waals surface area contributed by atoms with Gasteiger partial charge in [-0.1, -0.05) is 6.07 Å². The quantitative estimate of drug-likeness (QED) is 0.822. The second-order valence-electron chi connectivity index (χ2n) is 4.29. The maximum absolute atomic E-state index is 11.9. The molecular formula is C13H16N2O3. The largest absolute Gasteiger partial charge is 0.376 e. The molecular weight excluding hydrogens is 232 g/mol. The summed E-state index contributed by atoms with van der Waals surface area (Å²) < 4.78 is 5.41. The molecule has 1 fully saturated rings. The van der Waals surface area contributed by atoms with Gasteiger partial charge in [-0.2, -0.15) is 0 Å². The third kappa shape index (κ3) is 3.07. The molecule has 5 nitrogen and oxygen atoms in total. The van der Waals surface area contributed by atoms with Gasteiger partial charge in [0.05, 0.1) is 6.10 Å². The second-order valence-corrected chi connectivity index (χ2v) is 4.29. The summed E-state index contributed by atoms with van der Waals surface area (Å²) in [6, 6.07) is 6.37. The highest BCUT2D eigenvalue weighted by atomic mass is 16.5. The van der Waals surface area contributed by atoms with Crippen LogP contribution in [0, 0.1) is 0 Å². The minimum atomic E-state index is -0.538. The summed E-state index contributed by atoms with van der Waals surface area (Å²) in [7, 11) is 0. The first-order valence-corrected chi connectivity index (χ1v) is 5.96. The van der Waals surface area contributed by atoms with Crippen LogP contribution in [0.5, 0.6) is 0 Å². The lowest BCUT2D eigenvalue weighted by Crippen LogP contribution is -2.31. The summed E-state index contributed by atoms with van der Waals surface area (Å²) in [4.78, 5) is 22.9. The van der Waals surface area contributed by atoms with Crippen LogP contribution in [0.3, 0.4) is 0 Å². The molecule has 0 aliphatic carbocycles. The number of nitrogens with two attached hydrogens (primary N) is 1. The molecule has 0 unspecified atom stereocenters. The first-order valence-electron chi connectivity index (χ1n) is 5.96. The van der Waals surface area contributed by atoms with E-state index in [0.717, 1.165) is 19.4 Å². The van der Waals surface area contributed by atoms with Gasteiger partial charge in [0.1, 0.15) is 0 Å². The molecule has 1 aliphatic rings. The summed E-state index contributed by atoms with van der Waals surface area (Å²) in [6.45, 7) is 1.26. The number of ether oxygens (including phenoxy) is 1. The fourth-order valence-corrected chi connectivity index (χ4v) is 1.93. The van der Waals surface area contributed by atoms with Gasteiger partial charge in [0.2, 0.25) is 5.91 Å². The fourth-order valence-electron chi connectivity index (χ4n) is 1.93. The average Bonchev–Trinajstić information content (AvgIpc) is 2.89. The molecule has 1 aromatic rings. The van der Waals surface area contributed by atoms with E-state index in [1.165, 1.54) is 6.07 Å². The van der Waals surface area contributed by atoms with Crippen molar-refractivity contribution in [3.05, 3.63) is 35.4 Å². The number of primary amides is 1. The van der Waals surface area contributed by atoms with Gasteiger partial charge in [-0.15, -0.1) is 0 Å². The number of nitrogens with one attached hydrogen (secondary N) is 1. The number of hydrogen-bond acceptors (Lipinski definition) is 3. The third-order valence-electron chi connectivity index (χ3n) is 2.92. The van der Waals surface area contributed by atoms with Crippen molar-refractivity contribution < 1.29 is 14.3 Å². The van der Waals surface area contributed by atoms with E-state index in [0.29, 0.717) is 17.7 Å². The maximum Gasteiger partial charge on any atom is 0.251 e. The molecule has 1 saturated heterocycles. The molecule has 2 rings (SSSR count). The molecule has 96 valence electrons. The first-order chi connectivity index (χ1) is 8.66. The van der Waals surface area contributed by atoms with Gasteiger partial charge < -0.3 is 15.8 Å². The topological polar surface area (TPSA) is 81.4 Å². The van der Waals surface area contributed by atoms with E-state index in [9.17, 15) is 9.59 Å². The second kappa shape index (κ2) is 5.64. The molecule has 0 aromatic heterocycles. The monoisotopic (exact) mass is 248 g/mol. The molecule has 1 atom stereocenters. The van der Waals surface area contributed by atoms with Crippen LogP contribution in [0.4, 0.5) is 0 Å². The Kier molecular flexibility index (Phi) is 3.94. The van der Waals surface area contributed by atoms with Gasteiger partial charge in [-0.05, 0) is 31.0 Å². The summed E-state index contributed by atoms with van der Waals surface area (Å²) in [5.74, 6) is -0.752. The van der Waals surface area contributed by atoms with E-state index in [2.05, 4.69) is 5.32 Å². The van der Waals surface area contributed by atoms with Crippen molar-refractivity contribution in [1.82, 2.24) is 5.32 Å². The summed E-state index contributed by atoms with van der Waals surface area (Å²) in [6.07, 6.45) is 2.12. The smallest absolute Gasteiger partial charge is 0.251 e. The van der Waals surface area contributed by atoms with Crippen molar-refractivity contribution in [2.75, 3.05) is 13.2 Å². The van der Waals surface area contributed by atoms with Crippen LogP contribution >= 0.6 is 0 Å². The van der Waals surface area contributed by atoms with Gasteiger partial charge in [0, 0.05) is 24.3 Å². The molecule has 2 amide bonds. The molecule has 0 bridgehead atoms. The minimum Gasteiger partial charge on any atom is -0.376 e. The lowest BCUT2D eigenvalue weighted by molar-refractivity contribution is 0.0858. The Bertz CT molecular complexity index is 453. The van der Waals surface area contributed by atoms with Crippen LogP contribution in [0.15, 0.2) is 24.3 Å². The molecule has 1 aromatic carbocycles. The minimum absolute atomic E-state index is 0.105. The Balaban J connectivity index is 1.95. The van der Waals surface area contributed by atoms with Crippen LogP contribution in [0.25, 0.3) is 0 Å². The zero-order valence-corrected chi connectivity index (χ0v) is 10.0. The van der Waals surface area contributed by atoms with Crippen molar-refractivity contribution in [3.8, 4) is 0 Å². The normalized spacial score (nSPS) is 18.6. The van der Waals surface area contributed by atoms with Gasteiger partial charge >= 0.3 is 0 Å². The molecule has 5 heteroatoms. The summed E-state index contributed by atoms with van der Waals surface area (Å²) >= 11 is 0. The Labute approximate surface area is 105 Å². The van der Waals surface area contributed by atoms with Crippen LogP contribution in [-0.4, -0.2) is 31.1 Å². The van der Waals surface area contributed by atoms with Crippen LogP contribution in [-0.2, 0) is 4.74 Å². The predicted molar refractivity (Wildman–Crippen MR) is 66.3 cm³/mol. The Morgan fingerprint density at radius 3 is 2.83 bits per heavy atom.